The van der Waals surface area contributed by atoms with Gasteiger partial charge in [-0.3, -0.25) is 9.78 Å². The average molecular weight is 177 g/mol. The molecule has 1 atom stereocenters. The molecule has 0 amide bonds. The summed E-state index contributed by atoms with van der Waals surface area (Å²) in [6, 6.07) is 3.88. The van der Waals surface area contributed by atoms with Crippen LogP contribution in [-0.4, -0.2) is 10.8 Å². The normalized spacial score (nSPS) is 12.5. The van der Waals surface area contributed by atoms with Crippen molar-refractivity contribution in [3.8, 4) is 0 Å². The molecule has 0 aliphatic carbocycles. The van der Waals surface area contributed by atoms with E-state index in [1.807, 2.05) is 32.9 Å². The zero-order valence-corrected chi connectivity index (χ0v) is 8.37. The van der Waals surface area contributed by atoms with Crippen molar-refractivity contribution in [2.45, 2.75) is 33.1 Å². The van der Waals surface area contributed by atoms with Crippen LogP contribution in [0.4, 0.5) is 0 Å². The van der Waals surface area contributed by atoms with Crippen molar-refractivity contribution < 1.29 is 4.79 Å². The van der Waals surface area contributed by atoms with Gasteiger partial charge in [0.1, 0.15) is 5.78 Å². The molecule has 1 aromatic heterocycles. The summed E-state index contributed by atoms with van der Waals surface area (Å²) in [7, 11) is 0. The highest BCUT2D eigenvalue weighted by atomic mass is 16.1. The lowest BCUT2D eigenvalue weighted by Crippen LogP contribution is -2.10. The number of carbonyl (C=O) groups excluding carboxylic acids is 1. The standard InChI is InChI=1S/C11H15NO/c1-4-10(13)9(3)11-8(2)6-5-7-12-11/h5-7,9H,4H2,1-3H3. The van der Waals surface area contributed by atoms with Crippen LogP contribution in [-0.2, 0) is 4.79 Å². The van der Waals surface area contributed by atoms with Crippen molar-refractivity contribution in [3.63, 3.8) is 0 Å². The van der Waals surface area contributed by atoms with E-state index in [4.69, 9.17) is 0 Å². The van der Waals surface area contributed by atoms with Gasteiger partial charge < -0.3 is 0 Å². The number of aromatic nitrogens is 1. The maximum Gasteiger partial charge on any atom is 0.141 e. The fourth-order valence-electron chi connectivity index (χ4n) is 1.41. The van der Waals surface area contributed by atoms with Gasteiger partial charge >= 0.3 is 0 Å². The van der Waals surface area contributed by atoms with E-state index in [0.29, 0.717) is 6.42 Å². The minimum atomic E-state index is -0.0637. The first kappa shape index (κ1) is 9.90. The zero-order valence-electron chi connectivity index (χ0n) is 8.37. The van der Waals surface area contributed by atoms with Gasteiger partial charge in [0, 0.05) is 12.6 Å². The molecule has 1 unspecified atom stereocenters. The second kappa shape index (κ2) is 4.17. The third-order valence-corrected chi connectivity index (χ3v) is 2.29. The second-order valence-electron chi connectivity index (χ2n) is 3.25. The van der Waals surface area contributed by atoms with Crippen LogP contribution in [0.25, 0.3) is 0 Å². The number of carbonyl (C=O) groups is 1. The van der Waals surface area contributed by atoms with Crippen LogP contribution in [0.3, 0.4) is 0 Å². The van der Waals surface area contributed by atoms with Crippen molar-refractivity contribution in [2.75, 3.05) is 0 Å². The monoisotopic (exact) mass is 177 g/mol. The van der Waals surface area contributed by atoms with Gasteiger partial charge in [0.05, 0.1) is 11.6 Å². The van der Waals surface area contributed by atoms with Crippen molar-refractivity contribution in [2.24, 2.45) is 0 Å². The van der Waals surface area contributed by atoms with E-state index in [1.54, 1.807) is 6.20 Å². The van der Waals surface area contributed by atoms with Crippen molar-refractivity contribution >= 4 is 5.78 Å². The lowest BCUT2D eigenvalue weighted by Gasteiger charge is -2.10. The Morgan fingerprint density at radius 3 is 2.85 bits per heavy atom. The molecule has 0 spiro atoms. The highest BCUT2D eigenvalue weighted by molar-refractivity contribution is 5.84. The van der Waals surface area contributed by atoms with Gasteiger partial charge in [-0.1, -0.05) is 13.0 Å². The fourth-order valence-corrected chi connectivity index (χ4v) is 1.41. The first-order valence-corrected chi connectivity index (χ1v) is 4.61. The van der Waals surface area contributed by atoms with E-state index >= 15 is 0 Å². The number of hydrogen-bond donors (Lipinski definition) is 0. The molecular formula is C11H15NO. The quantitative estimate of drug-likeness (QED) is 0.710. The lowest BCUT2D eigenvalue weighted by atomic mass is 9.97. The molecule has 1 heterocycles. The van der Waals surface area contributed by atoms with Crippen LogP contribution >= 0.6 is 0 Å². The molecule has 0 aliphatic heterocycles. The first-order valence-electron chi connectivity index (χ1n) is 4.61. The van der Waals surface area contributed by atoms with Gasteiger partial charge in [0.15, 0.2) is 0 Å². The van der Waals surface area contributed by atoms with Crippen LogP contribution in [0.5, 0.6) is 0 Å². The van der Waals surface area contributed by atoms with Crippen LogP contribution in [0.2, 0.25) is 0 Å². The van der Waals surface area contributed by atoms with E-state index in [9.17, 15) is 4.79 Å². The van der Waals surface area contributed by atoms with Crippen molar-refractivity contribution in [1.29, 1.82) is 0 Å². The van der Waals surface area contributed by atoms with Gasteiger partial charge in [-0.05, 0) is 25.5 Å². The molecule has 0 radical (unpaired) electrons. The summed E-state index contributed by atoms with van der Waals surface area (Å²) in [4.78, 5) is 15.7. The van der Waals surface area contributed by atoms with Gasteiger partial charge in [-0.2, -0.15) is 0 Å². The number of aryl methyl sites for hydroxylation is 1. The van der Waals surface area contributed by atoms with E-state index in [0.717, 1.165) is 11.3 Å². The third-order valence-electron chi connectivity index (χ3n) is 2.29. The molecule has 0 saturated carbocycles. The van der Waals surface area contributed by atoms with E-state index in [2.05, 4.69) is 4.98 Å². The summed E-state index contributed by atoms with van der Waals surface area (Å²) in [5.41, 5.74) is 2.01. The molecule has 13 heavy (non-hydrogen) atoms. The number of Topliss-reactive ketones (excluding diaryl/α,β-unsaturated/α-hetero) is 1. The second-order valence-corrected chi connectivity index (χ2v) is 3.25. The van der Waals surface area contributed by atoms with Crippen LogP contribution in [0.1, 0.15) is 37.4 Å². The molecule has 2 nitrogen and oxygen atoms in total. The van der Waals surface area contributed by atoms with Gasteiger partial charge in [0.25, 0.3) is 0 Å². The Kier molecular flexibility index (Phi) is 3.18. The molecular weight excluding hydrogens is 162 g/mol. The molecule has 0 aliphatic rings. The average Bonchev–Trinajstić information content (AvgIpc) is 2.16. The fraction of sp³-hybridized carbons (Fsp3) is 0.455. The minimum Gasteiger partial charge on any atom is -0.299 e. The third kappa shape index (κ3) is 2.14. The van der Waals surface area contributed by atoms with E-state index in [-0.39, 0.29) is 11.7 Å². The first-order chi connectivity index (χ1) is 6.16. The summed E-state index contributed by atoms with van der Waals surface area (Å²) in [6.07, 6.45) is 2.32. The SMILES string of the molecule is CCC(=O)C(C)c1ncccc1C. The Hall–Kier alpha value is -1.18. The van der Waals surface area contributed by atoms with Crippen LogP contribution in [0.15, 0.2) is 18.3 Å². The Labute approximate surface area is 79.0 Å². The highest BCUT2D eigenvalue weighted by Crippen LogP contribution is 2.18. The Morgan fingerprint density at radius 1 is 1.62 bits per heavy atom. The molecule has 0 N–H and O–H groups in total. The van der Waals surface area contributed by atoms with Gasteiger partial charge in [-0.25, -0.2) is 0 Å². The largest absolute Gasteiger partial charge is 0.299 e. The highest BCUT2D eigenvalue weighted by Gasteiger charge is 2.15. The number of pyridine rings is 1. The Balaban J connectivity index is 2.95. The predicted octanol–water partition coefficient (Wildman–Crippen LogP) is 2.47. The van der Waals surface area contributed by atoms with Crippen LogP contribution < -0.4 is 0 Å². The maximum absolute atomic E-state index is 11.4. The van der Waals surface area contributed by atoms with Crippen molar-refractivity contribution in [1.82, 2.24) is 4.98 Å². The molecule has 1 aromatic rings. The molecule has 70 valence electrons. The van der Waals surface area contributed by atoms with Crippen LogP contribution in [0, 0.1) is 6.92 Å². The summed E-state index contributed by atoms with van der Waals surface area (Å²) in [6.45, 7) is 5.79. The van der Waals surface area contributed by atoms with Gasteiger partial charge in [-0.15, -0.1) is 0 Å². The Bertz CT molecular complexity index is 307. The van der Waals surface area contributed by atoms with Gasteiger partial charge in [0.2, 0.25) is 0 Å². The minimum absolute atomic E-state index is 0.0637. The number of ketones is 1. The molecule has 2 heteroatoms. The summed E-state index contributed by atoms with van der Waals surface area (Å²) in [5, 5.41) is 0. The lowest BCUT2D eigenvalue weighted by molar-refractivity contribution is -0.119. The topological polar surface area (TPSA) is 30.0 Å². The molecule has 0 aromatic carbocycles. The number of hydrogen-bond acceptors (Lipinski definition) is 2. The predicted molar refractivity (Wildman–Crippen MR) is 52.7 cm³/mol. The number of rotatable bonds is 3. The zero-order chi connectivity index (χ0) is 9.84. The summed E-state index contributed by atoms with van der Waals surface area (Å²) in [5.74, 6) is 0.188. The van der Waals surface area contributed by atoms with E-state index in [1.165, 1.54) is 0 Å². The Morgan fingerprint density at radius 2 is 2.31 bits per heavy atom. The van der Waals surface area contributed by atoms with Crippen molar-refractivity contribution in [3.05, 3.63) is 29.6 Å². The molecule has 0 saturated heterocycles. The van der Waals surface area contributed by atoms with E-state index < -0.39 is 0 Å². The molecule has 0 bridgehead atoms. The molecule has 0 fully saturated rings. The maximum atomic E-state index is 11.4. The summed E-state index contributed by atoms with van der Waals surface area (Å²) < 4.78 is 0. The smallest absolute Gasteiger partial charge is 0.141 e. The summed E-state index contributed by atoms with van der Waals surface area (Å²) >= 11 is 0. The molecule has 1 rings (SSSR count). The number of nitrogens with zero attached hydrogens (tertiary/aromatic N) is 1.